The molecule has 7 heteroatoms. The Hall–Kier alpha value is -2.25. The summed E-state index contributed by atoms with van der Waals surface area (Å²) >= 11 is 0. The highest BCUT2D eigenvalue weighted by Crippen LogP contribution is 2.45. The molecule has 1 aromatic carbocycles. The topological polar surface area (TPSA) is 105 Å². The van der Waals surface area contributed by atoms with Crippen LogP contribution >= 0.6 is 0 Å². The van der Waals surface area contributed by atoms with E-state index in [2.05, 4.69) is 16.7 Å². The largest absolute Gasteiger partial charge is 0.325 e. The molecule has 6 rings (SSSR count). The number of rotatable bonds is 4. The van der Waals surface area contributed by atoms with E-state index in [0.717, 1.165) is 56.2 Å². The van der Waals surface area contributed by atoms with E-state index in [0.29, 0.717) is 18.5 Å². The number of carbonyl (C=O) groups excluding carboxylic acids is 3. The van der Waals surface area contributed by atoms with Crippen LogP contribution in [0.4, 0.5) is 0 Å². The zero-order valence-corrected chi connectivity index (χ0v) is 16.6. The third-order valence-electron chi connectivity index (χ3n) is 7.64. The fraction of sp³-hybridized carbons (Fsp3) is 0.591. The van der Waals surface area contributed by atoms with Crippen LogP contribution in [0.5, 0.6) is 0 Å². The molecule has 0 aromatic heterocycles. The van der Waals surface area contributed by atoms with Gasteiger partial charge in [0, 0.05) is 36.2 Å². The molecule has 1 atom stereocenters. The molecule has 2 heterocycles. The molecular formula is C22H28N4O3. The van der Waals surface area contributed by atoms with E-state index in [-0.39, 0.29) is 35.2 Å². The lowest BCUT2D eigenvalue weighted by molar-refractivity contribution is -0.136. The third-order valence-corrected chi connectivity index (χ3v) is 7.64. The summed E-state index contributed by atoms with van der Waals surface area (Å²) in [6, 6.07) is 5.27. The van der Waals surface area contributed by atoms with Crippen LogP contribution in [0, 0.1) is 0 Å². The molecule has 0 spiro atoms. The van der Waals surface area contributed by atoms with Crippen LogP contribution in [-0.4, -0.2) is 39.7 Å². The van der Waals surface area contributed by atoms with Crippen molar-refractivity contribution in [1.29, 1.82) is 0 Å². The maximum Gasteiger partial charge on any atom is 0.255 e. The lowest BCUT2D eigenvalue weighted by atomic mass is 9.62. The van der Waals surface area contributed by atoms with Crippen LogP contribution < -0.4 is 16.4 Å². The molecule has 3 saturated carbocycles. The number of piperidine rings is 1. The molecule has 1 saturated heterocycles. The second-order valence-corrected chi connectivity index (χ2v) is 9.34. The zero-order chi connectivity index (χ0) is 20.2. The average Bonchev–Trinajstić information content (AvgIpc) is 3.05. The standard InChI is InChI=1S/C22H28N4O3/c23-21-6-9-22(10-7-21,11-8-21)24-12-14-2-1-3-15-16(14)13-26(20(15)29)17-4-5-18(27)25-19(17)28/h1-3,17,24H,4-13,23H2,(H,25,27,28). The summed E-state index contributed by atoms with van der Waals surface area (Å²) in [4.78, 5) is 38.3. The van der Waals surface area contributed by atoms with Crippen molar-refractivity contribution >= 4 is 17.7 Å². The van der Waals surface area contributed by atoms with Gasteiger partial charge in [0.25, 0.3) is 5.91 Å². The number of nitrogens with zero attached hydrogens (tertiary/aromatic N) is 1. The average molecular weight is 396 g/mol. The molecule has 5 aliphatic rings. The molecule has 4 N–H and O–H groups in total. The highest BCUT2D eigenvalue weighted by atomic mass is 16.2. The van der Waals surface area contributed by atoms with Crippen LogP contribution in [0.25, 0.3) is 0 Å². The number of nitrogens with two attached hydrogens (primary N) is 1. The van der Waals surface area contributed by atoms with Crippen molar-refractivity contribution in [3.63, 3.8) is 0 Å². The Morgan fingerprint density at radius 2 is 1.83 bits per heavy atom. The van der Waals surface area contributed by atoms with Crippen molar-refractivity contribution in [2.75, 3.05) is 0 Å². The van der Waals surface area contributed by atoms with Gasteiger partial charge in [0.15, 0.2) is 0 Å². The summed E-state index contributed by atoms with van der Waals surface area (Å²) in [5.41, 5.74) is 9.45. The van der Waals surface area contributed by atoms with Gasteiger partial charge in [0.1, 0.15) is 6.04 Å². The van der Waals surface area contributed by atoms with Crippen molar-refractivity contribution in [2.45, 2.75) is 81.6 Å². The first-order chi connectivity index (χ1) is 13.9. The first-order valence-corrected chi connectivity index (χ1v) is 10.7. The van der Waals surface area contributed by atoms with Crippen molar-refractivity contribution in [1.82, 2.24) is 15.5 Å². The van der Waals surface area contributed by atoms with Gasteiger partial charge >= 0.3 is 0 Å². The molecule has 154 valence electrons. The predicted octanol–water partition coefficient (Wildman–Crippen LogP) is 1.34. The van der Waals surface area contributed by atoms with E-state index in [9.17, 15) is 14.4 Å². The van der Waals surface area contributed by atoms with Gasteiger partial charge in [-0.2, -0.15) is 0 Å². The second-order valence-electron chi connectivity index (χ2n) is 9.34. The molecule has 7 nitrogen and oxygen atoms in total. The summed E-state index contributed by atoms with van der Waals surface area (Å²) in [7, 11) is 0. The van der Waals surface area contributed by atoms with Gasteiger partial charge in [-0.1, -0.05) is 12.1 Å². The van der Waals surface area contributed by atoms with E-state index in [4.69, 9.17) is 5.73 Å². The highest BCUT2D eigenvalue weighted by Gasteiger charge is 2.46. The fourth-order valence-electron chi connectivity index (χ4n) is 5.58. The summed E-state index contributed by atoms with van der Waals surface area (Å²) in [5.74, 6) is -0.741. The van der Waals surface area contributed by atoms with Crippen molar-refractivity contribution in [3.8, 4) is 0 Å². The Kier molecular flexibility index (Phi) is 4.29. The third kappa shape index (κ3) is 3.16. The van der Waals surface area contributed by atoms with Gasteiger partial charge in [-0.05, 0) is 62.1 Å². The molecule has 29 heavy (non-hydrogen) atoms. The number of hydrogen-bond acceptors (Lipinski definition) is 5. The van der Waals surface area contributed by atoms with Crippen LogP contribution in [0.15, 0.2) is 18.2 Å². The maximum absolute atomic E-state index is 13.0. The lowest BCUT2D eigenvalue weighted by Crippen LogP contribution is -2.60. The summed E-state index contributed by atoms with van der Waals surface area (Å²) < 4.78 is 0. The number of benzene rings is 1. The number of hydrogen-bond donors (Lipinski definition) is 3. The zero-order valence-electron chi connectivity index (χ0n) is 16.6. The van der Waals surface area contributed by atoms with E-state index in [1.165, 1.54) is 0 Å². The SMILES string of the molecule is NC12CCC(NCc3cccc4c3CN(C3CCC(=O)NC3=O)C4=O)(CC1)CC2. The Balaban J connectivity index is 1.32. The molecule has 3 aliphatic carbocycles. The first-order valence-electron chi connectivity index (χ1n) is 10.7. The molecule has 4 fully saturated rings. The van der Waals surface area contributed by atoms with Crippen molar-refractivity contribution in [2.24, 2.45) is 5.73 Å². The smallest absolute Gasteiger partial charge is 0.255 e. The monoisotopic (exact) mass is 396 g/mol. The number of imide groups is 1. The van der Waals surface area contributed by atoms with E-state index >= 15 is 0 Å². The number of nitrogens with one attached hydrogen (secondary N) is 2. The molecule has 1 unspecified atom stereocenters. The van der Waals surface area contributed by atoms with Crippen LogP contribution in [0.3, 0.4) is 0 Å². The Labute approximate surface area is 170 Å². The van der Waals surface area contributed by atoms with Gasteiger partial charge < -0.3 is 16.0 Å². The Morgan fingerprint density at radius 1 is 1.10 bits per heavy atom. The minimum atomic E-state index is -0.568. The van der Waals surface area contributed by atoms with Gasteiger partial charge in [-0.15, -0.1) is 0 Å². The summed E-state index contributed by atoms with van der Waals surface area (Å²) in [5, 5.41) is 6.16. The fourth-order valence-corrected chi connectivity index (χ4v) is 5.58. The molecule has 2 bridgehead atoms. The van der Waals surface area contributed by atoms with Crippen LogP contribution in [0.1, 0.15) is 72.9 Å². The van der Waals surface area contributed by atoms with Crippen molar-refractivity contribution in [3.05, 3.63) is 34.9 Å². The van der Waals surface area contributed by atoms with E-state index in [1.807, 2.05) is 12.1 Å². The van der Waals surface area contributed by atoms with E-state index in [1.54, 1.807) is 4.90 Å². The highest BCUT2D eigenvalue weighted by molar-refractivity contribution is 6.05. The minimum Gasteiger partial charge on any atom is -0.325 e. The van der Waals surface area contributed by atoms with Crippen LogP contribution in [0.2, 0.25) is 0 Å². The molecule has 1 aromatic rings. The van der Waals surface area contributed by atoms with Crippen LogP contribution in [-0.2, 0) is 22.7 Å². The van der Waals surface area contributed by atoms with Crippen molar-refractivity contribution < 1.29 is 14.4 Å². The van der Waals surface area contributed by atoms with Gasteiger partial charge in [0.05, 0.1) is 0 Å². The van der Waals surface area contributed by atoms with Gasteiger partial charge in [-0.25, -0.2) is 0 Å². The predicted molar refractivity (Wildman–Crippen MR) is 107 cm³/mol. The molecule has 0 radical (unpaired) electrons. The summed E-state index contributed by atoms with van der Waals surface area (Å²) in [6.07, 6.45) is 7.23. The molecular weight excluding hydrogens is 368 g/mol. The molecule has 2 aliphatic heterocycles. The quantitative estimate of drug-likeness (QED) is 0.666. The normalized spacial score (nSPS) is 33.8. The van der Waals surface area contributed by atoms with Gasteiger partial charge in [0.2, 0.25) is 11.8 Å². The minimum absolute atomic E-state index is 0.0479. The molecule has 3 amide bonds. The lowest BCUT2D eigenvalue weighted by Gasteiger charge is -2.52. The Morgan fingerprint density at radius 3 is 2.52 bits per heavy atom. The summed E-state index contributed by atoms with van der Waals surface area (Å²) in [6.45, 7) is 1.15. The first kappa shape index (κ1) is 18.8. The van der Waals surface area contributed by atoms with Gasteiger partial charge in [-0.3, -0.25) is 19.7 Å². The second kappa shape index (κ2) is 6.64. The number of carbonyl (C=O) groups is 3. The maximum atomic E-state index is 13.0. The number of amides is 3. The van der Waals surface area contributed by atoms with E-state index < -0.39 is 6.04 Å². The number of fused-ring (bicyclic) bond motifs is 4. The Bertz CT molecular complexity index is 872.